The van der Waals surface area contributed by atoms with Gasteiger partial charge in [-0.3, -0.25) is 37.3 Å². The summed E-state index contributed by atoms with van der Waals surface area (Å²) >= 11 is 0. The molecule has 0 heterocycles. The molecule has 0 aliphatic carbocycles. The molecule has 3 N–H and O–H groups in total. The monoisotopic (exact) mass is 1520 g/mol. The van der Waals surface area contributed by atoms with Crippen LogP contribution < -0.4 is 0 Å². The minimum atomic E-state index is -4.97. The highest BCUT2D eigenvalue weighted by molar-refractivity contribution is 7.47. The van der Waals surface area contributed by atoms with E-state index in [1.807, 2.05) is 0 Å². The number of unbranched alkanes of at least 4 members (excludes halogenated alkanes) is 48. The van der Waals surface area contributed by atoms with Gasteiger partial charge in [0, 0.05) is 25.7 Å². The molecule has 0 aromatic heterocycles. The van der Waals surface area contributed by atoms with Crippen LogP contribution in [-0.2, 0) is 65.4 Å². The van der Waals surface area contributed by atoms with E-state index in [4.69, 9.17) is 37.0 Å². The standard InChI is InChI=1S/C85H162O17P2/c1-7-10-12-14-16-18-20-22-24-25-26-27-28-29-30-32-38-42-46-50-58-64-69-84(89)101-80(73-95-82(87)67-61-55-48-44-40-36-34-33-35-39-43-47-53-59-65-77(4)5)75-99-103(91,92)97-71-79(86)72-98-104(93,94)100-76-81(74-96-83(88)68-62-56-52-51-54-60-66-78(6)9-3)102-85(90)70-63-57-49-45-41-37-31-23-21-19-17-15-13-11-8-2/h19,21,23,31,77-81,86H,7-18,20,22,24-30,32-76H2,1-6H3,(H,91,92)(H,93,94)/b21-19-,31-23-/t78?,79-,80-,81-/m1/s1. The number of phosphoric ester groups is 2. The summed E-state index contributed by atoms with van der Waals surface area (Å²) in [6, 6.07) is 0. The zero-order chi connectivity index (χ0) is 76.4. The summed E-state index contributed by atoms with van der Waals surface area (Å²) in [4.78, 5) is 73.1. The van der Waals surface area contributed by atoms with Gasteiger partial charge in [0.15, 0.2) is 12.2 Å². The molecule has 104 heavy (non-hydrogen) atoms. The van der Waals surface area contributed by atoms with Crippen molar-refractivity contribution in [2.75, 3.05) is 39.6 Å². The summed E-state index contributed by atoms with van der Waals surface area (Å²) in [6.07, 6.45) is 70.4. The van der Waals surface area contributed by atoms with Gasteiger partial charge < -0.3 is 33.8 Å². The molecule has 0 saturated carbocycles. The van der Waals surface area contributed by atoms with Gasteiger partial charge in [-0.2, -0.15) is 0 Å². The Kier molecular flexibility index (Phi) is 74.1. The van der Waals surface area contributed by atoms with Crippen LogP contribution in [0.15, 0.2) is 24.3 Å². The van der Waals surface area contributed by atoms with Crippen molar-refractivity contribution in [3.63, 3.8) is 0 Å². The van der Waals surface area contributed by atoms with Gasteiger partial charge in [-0.25, -0.2) is 9.13 Å². The lowest BCUT2D eigenvalue weighted by Crippen LogP contribution is -2.30. The maximum atomic E-state index is 13.1. The number of carbonyl (C=O) groups is 4. The summed E-state index contributed by atoms with van der Waals surface area (Å²) in [7, 11) is -9.94. The molecule has 0 aliphatic heterocycles. The minimum Gasteiger partial charge on any atom is -0.462 e. The Morgan fingerprint density at radius 3 is 0.865 bits per heavy atom. The van der Waals surface area contributed by atoms with Gasteiger partial charge >= 0.3 is 39.5 Å². The first kappa shape index (κ1) is 102. The van der Waals surface area contributed by atoms with Crippen LogP contribution in [0.4, 0.5) is 0 Å². The molecule has 0 aromatic carbocycles. The smallest absolute Gasteiger partial charge is 0.462 e. The average Bonchev–Trinajstić information content (AvgIpc) is 0.926. The molecule has 0 aliphatic rings. The van der Waals surface area contributed by atoms with E-state index >= 15 is 0 Å². The third-order valence-corrected chi connectivity index (χ3v) is 21.6. The van der Waals surface area contributed by atoms with Gasteiger partial charge in [-0.05, 0) is 63.2 Å². The fourth-order valence-electron chi connectivity index (χ4n) is 12.7. The van der Waals surface area contributed by atoms with E-state index in [0.29, 0.717) is 25.7 Å². The maximum Gasteiger partial charge on any atom is 0.472 e. The lowest BCUT2D eigenvalue weighted by atomic mass is 10.00. The molecule has 614 valence electrons. The van der Waals surface area contributed by atoms with E-state index in [-0.39, 0.29) is 25.7 Å². The lowest BCUT2D eigenvalue weighted by Gasteiger charge is -2.21. The summed E-state index contributed by atoms with van der Waals surface area (Å²) < 4.78 is 68.8. The fourth-order valence-corrected chi connectivity index (χ4v) is 14.3. The van der Waals surface area contributed by atoms with Gasteiger partial charge in [-0.1, -0.05) is 374 Å². The number of esters is 4. The van der Waals surface area contributed by atoms with Crippen LogP contribution in [0.25, 0.3) is 0 Å². The Balaban J connectivity index is 5.25. The number of rotatable bonds is 82. The van der Waals surface area contributed by atoms with Crippen molar-refractivity contribution in [1.82, 2.24) is 0 Å². The largest absolute Gasteiger partial charge is 0.472 e. The van der Waals surface area contributed by atoms with Crippen LogP contribution in [0.5, 0.6) is 0 Å². The van der Waals surface area contributed by atoms with E-state index in [9.17, 15) is 43.2 Å². The number of hydrogen-bond acceptors (Lipinski definition) is 15. The summed E-state index contributed by atoms with van der Waals surface area (Å²) in [5.74, 6) is -0.612. The molecule has 0 radical (unpaired) electrons. The van der Waals surface area contributed by atoms with Gasteiger partial charge in [0.2, 0.25) is 0 Å². The highest BCUT2D eigenvalue weighted by Crippen LogP contribution is 2.45. The van der Waals surface area contributed by atoms with E-state index in [2.05, 4.69) is 65.8 Å². The quantitative estimate of drug-likeness (QED) is 0.0169. The van der Waals surface area contributed by atoms with Crippen molar-refractivity contribution >= 4 is 39.5 Å². The lowest BCUT2D eigenvalue weighted by molar-refractivity contribution is -0.161. The van der Waals surface area contributed by atoms with Crippen molar-refractivity contribution in [2.24, 2.45) is 11.8 Å². The highest BCUT2D eigenvalue weighted by Gasteiger charge is 2.30. The van der Waals surface area contributed by atoms with Gasteiger partial charge in [0.1, 0.15) is 19.3 Å². The third-order valence-electron chi connectivity index (χ3n) is 19.7. The Hall–Kier alpha value is -2.46. The molecule has 3 unspecified atom stereocenters. The number of allylic oxidation sites excluding steroid dienone is 4. The van der Waals surface area contributed by atoms with Crippen molar-refractivity contribution in [1.29, 1.82) is 0 Å². The molecular weight excluding hydrogens is 1350 g/mol. The summed E-state index contributed by atoms with van der Waals surface area (Å²) in [6.45, 7) is 9.57. The zero-order valence-electron chi connectivity index (χ0n) is 67.8. The fraction of sp³-hybridized carbons (Fsp3) is 0.906. The Bertz CT molecular complexity index is 2090. The number of hydrogen-bond donors (Lipinski definition) is 3. The summed E-state index contributed by atoms with van der Waals surface area (Å²) in [5, 5.41) is 10.7. The molecule has 0 amide bonds. The molecular formula is C85H162O17P2. The predicted molar refractivity (Wildman–Crippen MR) is 427 cm³/mol. The highest BCUT2D eigenvalue weighted by atomic mass is 31.2. The first-order valence-corrected chi connectivity index (χ1v) is 46.3. The van der Waals surface area contributed by atoms with Gasteiger partial charge in [0.05, 0.1) is 26.4 Å². The number of phosphoric acid groups is 2. The Labute approximate surface area is 637 Å². The molecule has 0 aromatic rings. The average molecular weight is 1520 g/mol. The third kappa shape index (κ3) is 76.3. The molecule has 0 bridgehead atoms. The maximum absolute atomic E-state index is 13.1. The molecule has 0 spiro atoms. The topological polar surface area (TPSA) is 237 Å². The minimum absolute atomic E-state index is 0.0844. The van der Waals surface area contributed by atoms with E-state index in [0.717, 1.165) is 121 Å². The van der Waals surface area contributed by atoms with Gasteiger partial charge in [-0.15, -0.1) is 0 Å². The van der Waals surface area contributed by atoms with Crippen molar-refractivity contribution in [3.05, 3.63) is 24.3 Å². The first-order valence-electron chi connectivity index (χ1n) is 43.3. The molecule has 0 saturated heterocycles. The van der Waals surface area contributed by atoms with Crippen LogP contribution in [0.2, 0.25) is 0 Å². The molecule has 0 fully saturated rings. The van der Waals surface area contributed by atoms with Crippen LogP contribution in [0.3, 0.4) is 0 Å². The van der Waals surface area contributed by atoms with Crippen molar-refractivity contribution in [2.45, 2.75) is 445 Å². The molecule has 0 rings (SSSR count). The molecule has 17 nitrogen and oxygen atoms in total. The molecule has 6 atom stereocenters. The molecule has 19 heteroatoms. The number of ether oxygens (including phenoxy) is 4. The van der Waals surface area contributed by atoms with Crippen molar-refractivity contribution in [3.8, 4) is 0 Å². The van der Waals surface area contributed by atoms with E-state index in [1.54, 1.807) is 0 Å². The van der Waals surface area contributed by atoms with Gasteiger partial charge in [0.25, 0.3) is 0 Å². The Morgan fingerprint density at radius 2 is 0.567 bits per heavy atom. The Morgan fingerprint density at radius 1 is 0.317 bits per heavy atom. The number of carbonyl (C=O) groups excluding carboxylic acids is 4. The normalized spacial score (nSPS) is 14.2. The summed E-state index contributed by atoms with van der Waals surface area (Å²) in [5.41, 5.74) is 0. The first-order chi connectivity index (χ1) is 50.4. The van der Waals surface area contributed by atoms with E-state index < -0.39 is 97.5 Å². The van der Waals surface area contributed by atoms with Crippen LogP contribution >= 0.6 is 15.6 Å². The SMILES string of the molecule is CCCCCC/C=C\C=C/CCCCCCCC(=O)O[C@H](COC(=O)CCCCCCCCC(C)CC)COP(=O)(O)OC[C@H](O)COP(=O)(O)OC[C@@H](COC(=O)CCCCCCCCCCCCCCCCC(C)C)OC(=O)CCCCCCCCCCCCCCCCCCCCCCCC. The second kappa shape index (κ2) is 75.9. The number of aliphatic hydroxyl groups is 1. The predicted octanol–water partition coefficient (Wildman–Crippen LogP) is 25.4. The van der Waals surface area contributed by atoms with Crippen LogP contribution in [0.1, 0.15) is 427 Å². The van der Waals surface area contributed by atoms with Crippen LogP contribution in [0, 0.1) is 11.8 Å². The zero-order valence-corrected chi connectivity index (χ0v) is 69.6. The van der Waals surface area contributed by atoms with Crippen LogP contribution in [-0.4, -0.2) is 96.7 Å². The second-order valence-electron chi connectivity index (χ2n) is 30.6. The van der Waals surface area contributed by atoms with E-state index in [1.165, 1.54) is 225 Å². The van der Waals surface area contributed by atoms with Crippen molar-refractivity contribution < 1.29 is 80.2 Å². The second-order valence-corrected chi connectivity index (χ2v) is 33.5. The number of aliphatic hydroxyl groups excluding tert-OH is 1.